The molecule has 0 aliphatic carbocycles. The molecule has 0 radical (unpaired) electrons. The predicted octanol–water partition coefficient (Wildman–Crippen LogP) is 3.99. The molecule has 0 N–H and O–H groups in total. The van der Waals surface area contributed by atoms with E-state index in [0.717, 1.165) is 22.6 Å². The van der Waals surface area contributed by atoms with Gasteiger partial charge in [-0.3, -0.25) is 0 Å². The highest BCUT2D eigenvalue weighted by Gasteiger charge is 2.14. The highest BCUT2D eigenvalue weighted by molar-refractivity contribution is 6.31. The van der Waals surface area contributed by atoms with E-state index < -0.39 is 0 Å². The lowest BCUT2D eigenvalue weighted by Crippen LogP contribution is -2.07. The Morgan fingerprint density at radius 2 is 2.25 bits per heavy atom. The summed E-state index contributed by atoms with van der Waals surface area (Å²) in [5, 5.41) is 0.695. The number of fused-ring (bicyclic) bond motifs is 1. The third-order valence-corrected chi connectivity index (χ3v) is 3.35. The largest absolute Gasteiger partial charge is 0.461 e. The number of benzene rings is 1. The molecule has 2 heterocycles. The minimum atomic E-state index is 0.627. The van der Waals surface area contributed by atoms with Crippen LogP contribution in [0.4, 0.5) is 0 Å². The molecule has 0 amide bonds. The molecule has 0 atom stereocenters. The van der Waals surface area contributed by atoms with Crippen molar-refractivity contribution >= 4 is 22.6 Å². The van der Waals surface area contributed by atoms with Crippen LogP contribution in [0.25, 0.3) is 22.6 Å². The van der Waals surface area contributed by atoms with Crippen LogP contribution in [-0.2, 0) is 11.3 Å². The molecule has 0 saturated carbocycles. The molecular formula is C15H15ClN2O2. The Hall–Kier alpha value is -1.78. The van der Waals surface area contributed by atoms with Gasteiger partial charge in [0.1, 0.15) is 0 Å². The molecule has 0 bridgehead atoms. The molecule has 3 rings (SSSR count). The number of hydrogen-bond donors (Lipinski definition) is 0. The zero-order valence-electron chi connectivity index (χ0n) is 11.2. The van der Waals surface area contributed by atoms with Gasteiger partial charge in [-0.2, -0.15) is 0 Å². The Morgan fingerprint density at radius 1 is 1.35 bits per heavy atom. The molecule has 0 fully saturated rings. The monoisotopic (exact) mass is 290 g/mol. The fourth-order valence-corrected chi connectivity index (χ4v) is 2.38. The lowest BCUT2D eigenvalue weighted by atomic mass is 10.3. The Morgan fingerprint density at radius 3 is 3.00 bits per heavy atom. The minimum absolute atomic E-state index is 0.627. The van der Waals surface area contributed by atoms with E-state index in [1.807, 2.05) is 37.3 Å². The van der Waals surface area contributed by atoms with E-state index in [1.54, 1.807) is 6.26 Å². The van der Waals surface area contributed by atoms with Crippen molar-refractivity contribution in [2.75, 3.05) is 13.2 Å². The Bertz CT molecular complexity index is 704. The fraction of sp³-hybridized carbons (Fsp3) is 0.267. The first kappa shape index (κ1) is 13.2. The van der Waals surface area contributed by atoms with Crippen molar-refractivity contribution < 1.29 is 9.15 Å². The van der Waals surface area contributed by atoms with E-state index in [2.05, 4.69) is 9.55 Å². The van der Waals surface area contributed by atoms with Crippen molar-refractivity contribution in [3.05, 3.63) is 41.6 Å². The van der Waals surface area contributed by atoms with Crippen LogP contribution in [0.3, 0.4) is 0 Å². The highest BCUT2D eigenvalue weighted by Crippen LogP contribution is 2.27. The van der Waals surface area contributed by atoms with E-state index in [0.29, 0.717) is 24.8 Å². The molecule has 104 valence electrons. The van der Waals surface area contributed by atoms with Crippen LogP contribution in [-0.4, -0.2) is 22.8 Å². The molecular weight excluding hydrogens is 276 g/mol. The highest BCUT2D eigenvalue weighted by atomic mass is 35.5. The summed E-state index contributed by atoms with van der Waals surface area (Å²) >= 11 is 6.09. The Labute approximate surface area is 121 Å². The molecule has 0 saturated heterocycles. The van der Waals surface area contributed by atoms with Gasteiger partial charge in [0, 0.05) is 18.2 Å². The van der Waals surface area contributed by atoms with Crippen molar-refractivity contribution in [2.45, 2.75) is 13.5 Å². The predicted molar refractivity (Wildman–Crippen MR) is 78.9 cm³/mol. The first-order valence-corrected chi connectivity index (χ1v) is 6.95. The van der Waals surface area contributed by atoms with Crippen LogP contribution in [0.2, 0.25) is 5.02 Å². The summed E-state index contributed by atoms with van der Waals surface area (Å²) in [6.45, 7) is 4.02. The number of halogens is 1. The van der Waals surface area contributed by atoms with Gasteiger partial charge in [0.15, 0.2) is 11.6 Å². The van der Waals surface area contributed by atoms with Gasteiger partial charge in [-0.1, -0.05) is 11.6 Å². The van der Waals surface area contributed by atoms with Gasteiger partial charge >= 0.3 is 0 Å². The summed E-state index contributed by atoms with van der Waals surface area (Å²) < 4.78 is 13.0. The van der Waals surface area contributed by atoms with E-state index in [1.165, 1.54) is 0 Å². The lowest BCUT2D eigenvalue weighted by Gasteiger charge is -2.08. The van der Waals surface area contributed by atoms with Crippen LogP contribution in [0.5, 0.6) is 0 Å². The lowest BCUT2D eigenvalue weighted by molar-refractivity contribution is 0.140. The van der Waals surface area contributed by atoms with Gasteiger partial charge in [-0.05, 0) is 37.3 Å². The zero-order valence-corrected chi connectivity index (χ0v) is 11.9. The number of aromatic nitrogens is 2. The number of imidazole rings is 1. The first-order valence-electron chi connectivity index (χ1n) is 6.57. The maximum Gasteiger partial charge on any atom is 0.177 e. The van der Waals surface area contributed by atoms with Crippen LogP contribution < -0.4 is 0 Å². The van der Waals surface area contributed by atoms with Crippen molar-refractivity contribution in [3.63, 3.8) is 0 Å². The summed E-state index contributed by atoms with van der Waals surface area (Å²) in [7, 11) is 0. The number of hydrogen-bond acceptors (Lipinski definition) is 3. The zero-order chi connectivity index (χ0) is 13.9. The third kappa shape index (κ3) is 2.44. The van der Waals surface area contributed by atoms with E-state index in [9.17, 15) is 0 Å². The van der Waals surface area contributed by atoms with E-state index in [-0.39, 0.29) is 0 Å². The molecule has 0 aliphatic heterocycles. The quantitative estimate of drug-likeness (QED) is 0.667. The van der Waals surface area contributed by atoms with Crippen molar-refractivity contribution in [2.24, 2.45) is 0 Å². The van der Waals surface area contributed by atoms with Crippen LogP contribution in [0, 0.1) is 0 Å². The number of furan rings is 1. The number of rotatable bonds is 5. The van der Waals surface area contributed by atoms with Crippen LogP contribution in [0.1, 0.15) is 6.92 Å². The normalized spacial score (nSPS) is 11.3. The Balaban J connectivity index is 2.10. The van der Waals surface area contributed by atoms with Crippen molar-refractivity contribution in [1.29, 1.82) is 0 Å². The van der Waals surface area contributed by atoms with Gasteiger partial charge in [-0.15, -0.1) is 0 Å². The molecule has 5 heteroatoms. The second-order valence-corrected chi connectivity index (χ2v) is 4.83. The minimum Gasteiger partial charge on any atom is -0.461 e. The summed E-state index contributed by atoms with van der Waals surface area (Å²) in [5.41, 5.74) is 1.89. The standard InChI is InChI=1S/C15H15ClN2O2/c1-2-19-9-7-18-13-10-11(16)5-6-12(13)17-15(18)14-4-3-8-20-14/h3-6,8,10H,2,7,9H2,1H3. The third-order valence-electron chi connectivity index (χ3n) is 3.12. The molecule has 20 heavy (non-hydrogen) atoms. The molecule has 0 unspecified atom stereocenters. The molecule has 0 spiro atoms. The first-order chi connectivity index (χ1) is 9.79. The second kappa shape index (κ2) is 5.69. The van der Waals surface area contributed by atoms with Gasteiger partial charge in [-0.25, -0.2) is 4.98 Å². The van der Waals surface area contributed by atoms with E-state index >= 15 is 0 Å². The molecule has 2 aromatic heterocycles. The summed E-state index contributed by atoms with van der Waals surface area (Å²) in [4.78, 5) is 4.63. The fourth-order valence-electron chi connectivity index (χ4n) is 2.22. The Kier molecular flexibility index (Phi) is 3.76. The van der Waals surface area contributed by atoms with Crippen molar-refractivity contribution in [1.82, 2.24) is 9.55 Å². The molecule has 3 aromatic rings. The SMILES string of the molecule is CCOCCn1c(-c2ccco2)nc2ccc(Cl)cc21. The topological polar surface area (TPSA) is 40.2 Å². The van der Waals surface area contributed by atoms with E-state index in [4.69, 9.17) is 20.8 Å². The second-order valence-electron chi connectivity index (χ2n) is 4.39. The van der Waals surface area contributed by atoms with Gasteiger partial charge in [0.25, 0.3) is 0 Å². The van der Waals surface area contributed by atoms with Crippen LogP contribution >= 0.6 is 11.6 Å². The smallest absolute Gasteiger partial charge is 0.177 e. The molecule has 4 nitrogen and oxygen atoms in total. The number of nitrogens with zero attached hydrogens (tertiary/aromatic N) is 2. The maximum atomic E-state index is 6.09. The summed E-state index contributed by atoms with van der Waals surface area (Å²) in [5.74, 6) is 1.54. The summed E-state index contributed by atoms with van der Waals surface area (Å²) in [6, 6.07) is 9.44. The average Bonchev–Trinajstić information content (AvgIpc) is 3.07. The van der Waals surface area contributed by atoms with Gasteiger partial charge in [0.05, 0.1) is 23.9 Å². The van der Waals surface area contributed by atoms with Gasteiger partial charge in [0.2, 0.25) is 0 Å². The van der Waals surface area contributed by atoms with Crippen LogP contribution in [0.15, 0.2) is 41.0 Å². The van der Waals surface area contributed by atoms with Gasteiger partial charge < -0.3 is 13.7 Å². The number of ether oxygens (including phenoxy) is 1. The van der Waals surface area contributed by atoms with Crippen molar-refractivity contribution in [3.8, 4) is 11.6 Å². The molecule has 1 aromatic carbocycles. The maximum absolute atomic E-state index is 6.09. The molecule has 0 aliphatic rings. The summed E-state index contributed by atoms with van der Waals surface area (Å²) in [6.07, 6.45) is 1.65. The average molecular weight is 291 g/mol.